The number of amides is 2. The third-order valence-corrected chi connectivity index (χ3v) is 6.04. The smallest absolute Gasteiger partial charge is 0.311 e. The minimum absolute atomic E-state index is 0.102. The Hall–Kier alpha value is -2.08. The zero-order chi connectivity index (χ0) is 20.1. The summed E-state index contributed by atoms with van der Waals surface area (Å²) in [6.07, 6.45) is 4.49. The van der Waals surface area contributed by atoms with E-state index >= 15 is 0 Å². The molecule has 1 saturated heterocycles. The number of carbonyl (C=O) groups is 3. The summed E-state index contributed by atoms with van der Waals surface area (Å²) in [5.41, 5.74) is 0.840. The van der Waals surface area contributed by atoms with E-state index in [1.165, 1.54) is 6.42 Å². The number of carbonyl (C=O) groups excluding carboxylic acids is 3. The molecule has 1 saturated carbocycles. The molecule has 0 unspecified atom stereocenters. The first-order valence-corrected chi connectivity index (χ1v) is 10.3. The average Bonchev–Trinajstić information content (AvgIpc) is 3.04. The van der Waals surface area contributed by atoms with Crippen molar-refractivity contribution in [3.05, 3.63) is 34.9 Å². The second-order valence-electron chi connectivity index (χ2n) is 7.81. The number of likely N-dealkylation sites (tertiary alicyclic amines) is 1. The van der Waals surface area contributed by atoms with Gasteiger partial charge in [-0.05, 0) is 30.4 Å². The molecule has 6 nitrogen and oxygen atoms in total. The number of nitrogens with zero attached hydrogens (tertiary/aromatic N) is 1. The molecule has 1 aliphatic heterocycles. The number of nitrogens with one attached hydrogen (secondary N) is 1. The number of benzene rings is 1. The van der Waals surface area contributed by atoms with Crippen LogP contribution in [0.2, 0.25) is 5.02 Å². The van der Waals surface area contributed by atoms with Crippen LogP contribution >= 0.6 is 11.6 Å². The van der Waals surface area contributed by atoms with E-state index in [-0.39, 0.29) is 37.4 Å². The zero-order valence-corrected chi connectivity index (χ0v) is 16.9. The van der Waals surface area contributed by atoms with E-state index < -0.39 is 11.9 Å². The minimum atomic E-state index is -0.545. The largest absolute Gasteiger partial charge is 0.455 e. The lowest BCUT2D eigenvalue weighted by Crippen LogP contribution is -2.43. The van der Waals surface area contributed by atoms with Crippen molar-refractivity contribution < 1.29 is 19.1 Å². The molecule has 7 heteroatoms. The molecule has 152 valence electrons. The van der Waals surface area contributed by atoms with Crippen LogP contribution in [0.25, 0.3) is 0 Å². The summed E-state index contributed by atoms with van der Waals surface area (Å²) in [5, 5.41) is 3.56. The molecule has 2 fully saturated rings. The van der Waals surface area contributed by atoms with Crippen LogP contribution in [0, 0.1) is 11.8 Å². The molecule has 3 atom stereocenters. The molecule has 0 spiro atoms. The van der Waals surface area contributed by atoms with E-state index in [4.69, 9.17) is 16.3 Å². The SMILES string of the molecule is C[C@@H]1CCCC[C@@H]1NC(=O)COC(=O)[C@@H]1CC(=O)N(Cc2ccccc2Cl)C1. The van der Waals surface area contributed by atoms with Crippen LogP contribution in [0.3, 0.4) is 0 Å². The van der Waals surface area contributed by atoms with E-state index in [9.17, 15) is 14.4 Å². The van der Waals surface area contributed by atoms with Crippen LogP contribution < -0.4 is 5.32 Å². The van der Waals surface area contributed by atoms with Crippen molar-refractivity contribution in [2.45, 2.75) is 51.6 Å². The van der Waals surface area contributed by atoms with Crippen LogP contribution in [0.4, 0.5) is 0 Å². The zero-order valence-electron chi connectivity index (χ0n) is 16.2. The van der Waals surface area contributed by atoms with Gasteiger partial charge in [0.2, 0.25) is 5.91 Å². The van der Waals surface area contributed by atoms with Gasteiger partial charge in [-0.2, -0.15) is 0 Å². The van der Waals surface area contributed by atoms with E-state index in [2.05, 4.69) is 12.2 Å². The van der Waals surface area contributed by atoms with E-state index in [1.807, 2.05) is 18.2 Å². The molecule has 1 aromatic rings. The lowest BCUT2D eigenvalue weighted by atomic mass is 9.86. The van der Waals surface area contributed by atoms with Gasteiger partial charge in [-0.15, -0.1) is 0 Å². The molecule has 28 heavy (non-hydrogen) atoms. The van der Waals surface area contributed by atoms with Gasteiger partial charge in [0, 0.05) is 30.6 Å². The number of halogens is 1. The molecule has 1 N–H and O–H groups in total. The summed E-state index contributed by atoms with van der Waals surface area (Å²) in [5.74, 6) is -0.982. The van der Waals surface area contributed by atoms with Crippen molar-refractivity contribution >= 4 is 29.4 Å². The number of hydrogen-bond donors (Lipinski definition) is 1. The van der Waals surface area contributed by atoms with Crippen LogP contribution in [0.15, 0.2) is 24.3 Å². The van der Waals surface area contributed by atoms with Gasteiger partial charge >= 0.3 is 5.97 Å². The Labute approximate surface area is 170 Å². The molecule has 3 rings (SSSR count). The highest BCUT2D eigenvalue weighted by Gasteiger charge is 2.36. The van der Waals surface area contributed by atoms with Gasteiger partial charge in [-0.3, -0.25) is 14.4 Å². The first kappa shape index (κ1) is 20.6. The Morgan fingerprint density at radius 1 is 1.25 bits per heavy atom. The van der Waals surface area contributed by atoms with Gasteiger partial charge in [0.1, 0.15) is 0 Å². The van der Waals surface area contributed by atoms with Gasteiger partial charge < -0.3 is 15.0 Å². The minimum Gasteiger partial charge on any atom is -0.455 e. The van der Waals surface area contributed by atoms with Gasteiger partial charge in [-0.1, -0.05) is 49.6 Å². The van der Waals surface area contributed by atoms with Crippen molar-refractivity contribution in [1.29, 1.82) is 0 Å². The van der Waals surface area contributed by atoms with Crippen LogP contribution in [0.5, 0.6) is 0 Å². The standard InChI is InChI=1S/C21H27ClN2O4/c1-14-6-2-5-9-18(14)23-19(25)13-28-21(27)16-10-20(26)24(12-16)11-15-7-3-4-8-17(15)22/h3-4,7-8,14,16,18H,2,5-6,9-13H2,1H3,(H,23,25)/t14-,16-,18+/m1/s1. The number of ether oxygens (including phenoxy) is 1. The summed E-state index contributed by atoms with van der Waals surface area (Å²) in [6, 6.07) is 7.47. The lowest BCUT2D eigenvalue weighted by molar-refractivity contribution is -0.152. The summed E-state index contributed by atoms with van der Waals surface area (Å²) in [7, 11) is 0. The van der Waals surface area contributed by atoms with Crippen LogP contribution in [0.1, 0.15) is 44.6 Å². The second kappa shape index (κ2) is 9.41. The van der Waals surface area contributed by atoms with Crippen molar-refractivity contribution in [3.63, 3.8) is 0 Å². The fourth-order valence-electron chi connectivity index (χ4n) is 3.95. The molecule has 0 aromatic heterocycles. The van der Waals surface area contributed by atoms with Gasteiger partial charge in [0.05, 0.1) is 5.92 Å². The van der Waals surface area contributed by atoms with Crippen molar-refractivity contribution in [2.75, 3.05) is 13.2 Å². The molecule has 0 bridgehead atoms. The highest BCUT2D eigenvalue weighted by Crippen LogP contribution is 2.25. The van der Waals surface area contributed by atoms with E-state index in [1.54, 1.807) is 11.0 Å². The molecule has 1 aromatic carbocycles. The first-order valence-electron chi connectivity index (χ1n) is 9.91. The fraction of sp³-hybridized carbons (Fsp3) is 0.571. The van der Waals surface area contributed by atoms with Crippen LogP contribution in [-0.2, 0) is 25.7 Å². The lowest BCUT2D eigenvalue weighted by Gasteiger charge is -2.29. The predicted octanol–water partition coefficient (Wildman–Crippen LogP) is 2.93. The molecule has 1 aliphatic carbocycles. The number of hydrogen-bond acceptors (Lipinski definition) is 4. The third kappa shape index (κ3) is 5.25. The van der Waals surface area contributed by atoms with E-state index in [0.717, 1.165) is 24.8 Å². The Kier molecular flexibility index (Phi) is 6.94. The molecule has 2 aliphatic rings. The average molecular weight is 407 g/mol. The second-order valence-corrected chi connectivity index (χ2v) is 8.22. The summed E-state index contributed by atoms with van der Waals surface area (Å²) < 4.78 is 5.18. The summed E-state index contributed by atoms with van der Waals surface area (Å²) in [6.45, 7) is 2.48. The van der Waals surface area contributed by atoms with Gasteiger partial charge in [0.25, 0.3) is 5.91 Å². The molecule has 1 heterocycles. The Morgan fingerprint density at radius 2 is 2.00 bits per heavy atom. The Balaban J connectivity index is 1.45. The predicted molar refractivity (Wildman–Crippen MR) is 105 cm³/mol. The maximum Gasteiger partial charge on any atom is 0.311 e. The topological polar surface area (TPSA) is 75.7 Å². The van der Waals surface area contributed by atoms with Crippen LogP contribution in [-0.4, -0.2) is 41.9 Å². The molecule has 2 amide bonds. The summed E-state index contributed by atoms with van der Waals surface area (Å²) in [4.78, 5) is 38.3. The highest BCUT2D eigenvalue weighted by molar-refractivity contribution is 6.31. The van der Waals surface area contributed by atoms with Crippen molar-refractivity contribution in [3.8, 4) is 0 Å². The highest BCUT2D eigenvalue weighted by atomic mass is 35.5. The Morgan fingerprint density at radius 3 is 2.75 bits per heavy atom. The number of rotatable bonds is 6. The normalized spacial score (nSPS) is 24.9. The van der Waals surface area contributed by atoms with Crippen molar-refractivity contribution in [2.24, 2.45) is 11.8 Å². The molecular formula is C21H27ClN2O4. The molecule has 0 radical (unpaired) electrons. The molecular weight excluding hydrogens is 380 g/mol. The van der Waals surface area contributed by atoms with Crippen molar-refractivity contribution in [1.82, 2.24) is 10.2 Å². The maximum absolute atomic E-state index is 12.3. The quantitative estimate of drug-likeness (QED) is 0.737. The fourth-order valence-corrected chi connectivity index (χ4v) is 4.14. The monoisotopic (exact) mass is 406 g/mol. The number of esters is 1. The Bertz CT molecular complexity index is 739. The van der Waals surface area contributed by atoms with Gasteiger partial charge in [0.15, 0.2) is 6.61 Å². The third-order valence-electron chi connectivity index (χ3n) is 5.67. The van der Waals surface area contributed by atoms with E-state index in [0.29, 0.717) is 17.5 Å². The maximum atomic E-state index is 12.3. The van der Waals surface area contributed by atoms with Gasteiger partial charge in [-0.25, -0.2) is 0 Å². The summed E-state index contributed by atoms with van der Waals surface area (Å²) >= 11 is 6.15. The first-order chi connectivity index (χ1) is 13.4.